The summed E-state index contributed by atoms with van der Waals surface area (Å²) in [5.74, 6) is 0.0996. The van der Waals surface area contributed by atoms with Crippen molar-refractivity contribution in [2.24, 2.45) is 0 Å². The minimum absolute atomic E-state index is 0.0996. The highest BCUT2D eigenvalue weighted by Gasteiger charge is 2.37. The highest BCUT2D eigenvalue weighted by Crippen LogP contribution is 2.27. The summed E-state index contributed by atoms with van der Waals surface area (Å²) in [4.78, 5) is 14.5. The average Bonchev–Trinajstić information content (AvgIpc) is 3.03. The van der Waals surface area contributed by atoms with Crippen LogP contribution >= 0.6 is 0 Å². The maximum Gasteiger partial charge on any atom is 0.239 e. The molecule has 2 saturated heterocycles. The second kappa shape index (κ2) is 5.61. The first-order valence-electron chi connectivity index (χ1n) is 7.15. The third kappa shape index (κ3) is 2.89. The van der Waals surface area contributed by atoms with Gasteiger partial charge in [-0.3, -0.25) is 9.69 Å². The number of carbonyl (C=O) groups excluding carboxylic acids is 1. The van der Waals surface area contributed by atoms with Crippen LogP contribution in [0.4, 0.5) is 5.69 Å². The predicted molar refractivity (Wildman–Crippen MR) is 76.1 cm³/mol. The number of hydrogen-bond acceptors (Lipinski definition) is 3. The van der Waals surface area contributed by atoms with Gasteiger partial charge in [0.05, 0.1) is 6.54 Å². The quantitative estimate of drug-likeness (QED) is 0.860. The zero-order chi connectivity index (χ0) is 13.1. The summed E-state index contributed by atoms with van der Waals surface area (Å²) in [6.45, 7) is 2.70. The molecule has 2 atom stereocenters. The van der Waals surface area contributed by atoms with Crippen LogP contribution in [0.2, 0.25) is 0 Å². The molecule has 1 aromatic carbocycles. The Morgan fingerprint density at radius 3 is 2.89 bits per heavy atom. The van der Waals surface area contributed by atoms with Crippen LogP contribution < -0.4 is 10.6 Å². The largest absolute Gasteiger partial charge is 0.376 e. The molecule has 1 amide bonds. The van der Waals surface area contributed by atoms with E-state index in [9.17, 15) is 4.79 Å². The maximum absolute atomic E-state index is 12.0. The van der Waals surface area contributed by atoms with E-state index in [-0.39, 0.29) is 5.91 Å². The molecule has 2 N–H and O–H groups in total. The molecular formula is C15H21N3O. The van der Waals surface area contributed by atoms with E-state index < -0.39 is 0 Å². The first-order chi connectivity index (χ1) is 9.33. The summed E-state index contributed by atoms with van der Waals surface area (Å²) < 4.78 is 0. The number of anilines is 1. The summed E-state index contributed by atoms with van der Waals surface area (Å²) in [5.41, 5.74) is 0.992. The summed E-state index contributed by atoms with van der Waals surface area (Å²) in [5, 5.41) is 6.33. The van der Waals surface area contributed by atoms with Gasteiger partial charge in [0.15, 0.2) is 0 Å². The molecular weight excluding hydrogens is 238 g/mol. The monoisotopic (exact) mass is 259 g/mol. The number of carbonyl (C=O) groups is 1. The van der Waals surface area contributed by atoms with Gasteiger partial charge in [0, 0.05) is 24.3 Å². The third-order valence-corrected chi connectivity index (χ3v) is 4.18. The van der Waals surface area contributed by atoms with Gasteiger partial charge in [-0.25, -0.2) is 0 Å². The summed E-state index contributed by atoms with van der Waals surface area (Å²) in [6, 6.07) is 10.8. The van der Waals surface area contributed by atoms with E-state index in [1.165, 1.54) is 19.4 Å². The van der Waals surface area contributed by atoms with Gasteiger partial charge in [0.25, 0.3) is 0 Å². The molecule has 19 heavy (non-hydrogen) atoms. The molecule has 2 unspecified atom stereocenters. The number of benzene rings is 1. The summed E-state index contributed by atoms with van der Waals surface area (Å²) in [7, 11) is 0. The van der Waals surface area contributed by atoms with E-state index >= 15 is 0 Å². The SMILES string of the molecule is O=C(CNc1ccccc1)NC1CCN2CCCC12. The van der Waals surface area contributed by atoms with Crippen LogP contribution in [0, 0.1) is 0 Å². The van der Waals surface area contributed by atoms with Crippen LogP contribution in [0.15, 0.2) is 30.3 Å². The topological polar surface area (TPSA) is 44.4 Å². The molecule has 4 nitrogen and oxygen atoms in total. The van der Waals surface area contributed by atoms with E-state index in [2.05, 4.69) is 15.5 Å². The van der Waals surface area contributed by atoms with E-state index in [1.807, 2.05) is 30.3 Å². The first kappa shape index (κ1) is 12.5. The lowest BCUT2D eigenvalue weighted by Gasteiger charge is -2.21. The predicted octanol–water partition coefficient (Wildman–Crippen LogP) is 1.45. The van der Waals surface area contributed by atoms with Crippen LogP contribution in [0.3, 0.4) is 0 Å². The van der Waals surface area contributed by atoms with Gasteiger partial charge in [0.1, 0.15) is 0 Å². The van der Waals surface area contributed by atoms with Crippen molar-refractivity contribution in [1.82, 2.24) is 10.2 Å². The number of hydrogen-bond donors (Lipinski definition) is 2. The van der Waals surface area contributed by atoms with E-state index in [1.54, 1.807) is 0 Å². The number of fused-ring (bicyclic) bond motifs is 1. The molecule has 0 bridgehead atoms. The van der Waals surface area contributed by atoms with Gasteiger partial charge in [-0.05, 0) is 37.9 Å². The third-order valence-electron chi connectivity index (χ3n) is 4.18. The Balaban J connectivity index is 1.46. The summed E-state index contributed by atoms with van der Waals surface area (Å²) in [6.07, 6.45) is 3.61. The minimum Gasteiger partial charge on any atom is -0.376 e. The first-order valence-corrected chi connectivity index (χ1v) is 7.15. The fourth-order valence-electron chi connectivity index (χ4n) is 3.25. The lowest BCUT2D eigenvalue weighted by Crippen LogP contribution is -2.44. The van der Waals surface area contributed by atoms with Crippen molar-refractivity contribution in [3.8, 4) is 0 Å². The highest BCUT2D eigenvalue weighted by atomic mass is 16.2. The van der Waals surface area contributed by atoms with Gasteiger partial charge in [-0.2, -0.15) is 0 Å². The lowest BCUT2D eigenvalue weighted by molar-refractivity contribution is -0.120. The van der Waals surface area contributed by atoms with Crippen molar-refractivity contribution in [3.05, 3.63) is 30.3 Å². The van der Waals surface area contributed by atoms with Gasteiger partial charge >= 0.3 is 0 Å². The molecule has 0 radical (unpaired) electrons. The number of rotatable bonds is 4. The minimum atomic E-state index is 0.0996. The molecule has 2 aliphatic rings. The molecule has 2 fully saturated rings. The van der Waals surface area contributed by atoms with Crippen molar-refractivity contribution in [1.29, 1.82) is 0 Å². The Kier molecular flexibility index (Phi) is 3.69. The lowest BCUT2D eigenvalue weighted by atomic mass is 10.1. The Hall–Kier alpha value is -1.55. The second-order valence-corrected chi connectivity index (χ2v) is 5.43. The van der Waals surface area contributed by atoms with Crippen molar-refractivity contribution >= 4 is 11.6 Å². The van der Waals surface area contributed by atoms with Crippen molar-refractivity contribution < 1.29 is 4.79 Å². The number of amides is 1. The van der Waals surface area contributed by atoms with Crippen LogP contribution in [-0.2, 0) is 4.79 Å². The Labute approximate surface area is 114 Å². The molecule has 2 heterocycles. The molecule has 102 valence electrons. The zero-order valence-electron chi connectivity index (χ0n) is 11.1. The van der Waals surface area contributed by atoms with E-state index in [4.69, 9.17) is 0 Å². The molecule has 2 aliphatic heterocycles. The van der Waals surface area contributed by atoms with Crippen LogP contribution in [-0.4, -0.2) is 42.5 Å². The van der Waals surface area contributed by atoms with Gasteiger partial charge in [-0.15, -0.1) is 0 Å². The number of para-hydroxylation sites is 1. The zero-order valence-corrected chi connectivity index (χ0v) is 11.1. The number of nitrogens with one attached hydrogen (secondary N) is 2. The average molecular weight is 259 g/mol. The maximum atomic E-state index is 12.0. The fraction of sp³-hybridized carbons (Fsp3) is 0.533. The van der Waals surface area contributed by atoms with Gasteiger partial charge < -0.3 is 10.6 Å². The fourth-order valence-corrected chi connectivity index (χ4v) is 3.25. The van der Waals surface area contributed by atoms with Crippen LogP contribution in [0.1, 0.15) is 19.3 Å². The second-order valence-electron chi connectivity index (χ2n) is 5.43. The van der Waals surface area contributed by atoms with Crippen molar-refractivity contribution in [2.45, 2.75) is 31.3 Å². The molecule has 0 aliphatic carbocycles. The van der Waals surface area contributed by atoms with Crippen molar-refractivity contribution in [3.63, 3.8) is 0 Å². The van der Waals surface area contributed by atoms with Crippen LogP contribution in [0.5, 0.6) is 0 Å². The number of nitrogens with zero attached hydrogens (tertiary/aromatic N) is 1. The van der Waals surface area contributed by atoms with E-state index in [0.717, 1.165) is 18.7 Å². The normalized spacial score (nSPS) is 26.1. The molecule has 1 aromatic rings. The van der Waals surface area contributed by atoms with Gasteiger partial charge in [-0.1, -0.05) is 18.2 Å². The molecule has 3 rings (SSSR count). The van der Waals surface area contributed by atoms with E-state index in [0.29, 0.717) is 18.6 Å². The molecule has 0 spiro atoms. The molecule has 0 aromatic heterocycles. The summed E-state index contributed by atoms with van der Waals surface area (Å²) >= 11 is 0. The standard InChI is InChI=1S/C15H21N3O/c19-15(11-16-12-5-2-1-3-6-12)17-13-8-10-18-9-4-7-14(13)18/h1-3,5-6,13-14,16H,4,7-11H2,(H,17,19). The Bertz CT molecular complexity index is 434. The van der Waals surface area contributed by atoms with Gasteiger partial charge in [0.2, 0.25) is 5.91 Å². The highest BCUT2D eigenvalue weighted by molar-refractivity contribution is 5.81. The molecule has 4 heteroatoms. The van der Waals surface area contributed by atoms with Crippen LogP contribution in [0.25, 0.3) is 0 Å². The van der Waals surface area contributed by atoms with Crippen molar-refractivity contribution in [2.75, 3.05) is 25.0 Å². The Morgan fingerprint density at radius 1 is 1.21 bits per heavy atom. The smallest absolute Gasteiger partial charge is 0.239 e. The molecule has 0 saturated carbocycles. The Morgan fingerprint density at radius 2 is 2.05 bits per heavy atom.